The molecule has 0 atom stereocenters. The molecule has 3 rings (SSSR count). The second-order valence-corrected chi connectivity index (χ2v) is 9.50. The monoisotopic (exact) mass is 421 g/mol. The number of rotatable bonds is 7. The van der Waals surface area contributed by atoms with Crippen LogP contribution in [0.3, 0.4) is 0 Å². The van der Waals surface area contributed by atoms with Crippen LogP contribution in [0.2, 0.25) is 0 Å². The van der Waals surface area contributed by atoms with Crippen molar-refractivity contribution < 1.29 is 12.8 Å². The van der Waals surface area contributed by atoms with Crippen LogP contribution in [0.15, 0.2) is 30.3 Å². The number of aryl methyl sites for hydroxylation is 1. The third-order valence-corrected chi connectivity index (χ3v) is 6.38. The Morgan fingerprint density at radius 3 is 2.31 bits per heavy atom. The van der Waals surface area contributed by atoms with E-state index in [0.29, 0.717) is 11.4 Å². The number of halogens is 1. The van der Waals surface area contributed by atoms with Crippen molar-refractivity contribution in [3.8, 4) is 0 Å². The van der Waals surface area contributed by atoms with Gasteiger partial charge >= 0.3 is 0 Å². The van der Waals surface area contributed by atoms with Crippen molar-refractivity contribution in [1.29, 1.82) is 0 Å². The summed E-state index contributed by atoms with van der Waals surface area (Å²) in [7, 11) is 0.415. The van der Waals surface area contributed by atoms with Gasteiger partial charge in [-0.3, -0.25) is 0 Å². The Hall–Kier alpha value is -2.26. The van der Waals surface area contributed by atoms with Gasteiger partial charge in [-0.05, 0) is 50.3 Å². The molecule has 0 saturated heterocycles. The molecule has 9 heteroatoms. The fraction of sp³-hybridized carbons (Fsp3) is 0.500. The van der Waals surface area contributed by atoms with E-state index in [1.165, 1.54) is 24.3 Å². The predicted octanol–water partition coefficient (Wildman–Crippen LogP) is 2.83. The lowest BCUT2D eigenvalue weighted by molar-refractivity contribution is 0.386. The van der Waals surface area contributed by atoms with E-state index >= 15 is 0 Å². The zero-order valence-corrected chi connectivity index (χ0v) is 17.8. The van der Waals surface area contributed by atoms with Gasteiger partial charge in [0.1, 0.15) is 23.3 Å². The Morgan fingerprint density at radius 1 is 1.07 bits per heavy atom. The van der Waals surface area contributed by atoms with Crippen molar-refractivity contribution in [3.05, 3.63) is 47.5 Å². The molecule has 1 saturated carbocycles. The molecule has 29 heavy (non-hydrogen) atoms. The first-order chi connectivity index (χ1) is 13.7. The molecule has 0 amide bonds. The highest BCUT2D eigenvalue weighted by atomic mass is 32.2. The number of hydrogen-bond acceptors (Lipinski definition) is 6. The highest BCUT2D eigenvalue weighted by molar-refractivity contribution is 7.88. The lowest BCUT2D eigenvalue weighted by Gasteiger charge is -2.30. The Morgan fingerprint density at radius 2 is 1.69 bits per heavy atom. The maximum Gasteiger partial charge on any atom is 0.216 e. The standard InChI is InChI=1S/C20H28FN5O2S/c1-14-22-19(12-20(23-14)26(2)3)24-17-8-10-18(11-9-17)25-29(27,28)13-15-4-6-16(21)7-5-15/h4-7,12,17-18,25H,8-11,13H2,1-3H3,(H,22,23,24). The van der Waals surface area contributed by atoms with E-state index in [0.717, 1.165) is 37.3 Å². The first-order valence-electron chi connectivity index (χ1n) is 9.74. The van der Waals surface area contributed by atoms with E-state index in [1.807, 2.05) is 32.0 Å². The Labute approximate surface area is 171 Å². The van der Waals surface area contributed by atoms with Crippen LogP contribution in [-0.4, -0.2) is 44.6 Å². The highest BCUT2D eigenvalue weighted by Crippen LogP contribution is 2.24. The Kier molecular flexibility index (Phi) is 6.69. The van der Waals surface area contributed by atoms with Crippen LogP contribution >= 0.6 is 0 Å². The van der Waals surface area contributed by atoms with Crippen molar-refractivity contribution in [2.75, 3.05) is 24.3 Å². The normalized spacial score (nSPS) is 19.7. The maximum absolute atomic E-state index is 13.0. The number of nitrogens with zero attached hydrogens (tertiary/aromatic N) is 3. The molecule has 0 aliphatic heterocycles. The molecule has 0 unspecified atom stereocenters. The van der Waals surface area contributed by atoms with Crippen molar-refractivity contribution in [2.45, 2.75) is 50.4 Å². The van der Waals surface area contributed by atoms with E-state index < -0.39 is 10.0 Å². The second kappa shape index (κ2) is 9.04. The minimum absolute atomic E-state index is 0.0806. The van der Waals surface area contributed by atoms with Crippen LogP contribution in [0.25, 0.3) is 0 Å². The maximum atomic E-state index is 13.0. The molecule has 2 N–H and O–H groups in total. The first-order valence-corrected chi connectivity index (χ1v) is 11.4. The smallest absolute Gasteiger partial charge is 0.216 e. The minimum Gasteiger partial charge on any atom is -0.367 e. The quantitative estimate of drug-likeness (QED) is 0.715. The molecule has 158 valence electrons. The molecule has 2 aromatic rings. The van der Waals surface area contributed by atoms with Crippen molar-refractivity contribution >= 4 is 21.7 Å². The van der Waals surface area contributed by atoms with Gasteiger partial charge in [-0.15, -0.1) is 0 Å². The molecule has 1 aliphatic carbocycles. The number of aromatic nitrogens is 2. The lowest BCUT2D eigenvalue weighted by atomic mass is 9.92. The number of anilines is 2. The molecular formula is C20H28FN5O2S. The van der Waals surface area contributed by atoms with Gasteiger partial charge in [0.05, 0.1) is 5.75 Å². The van der Waals surface area contributed by atoms with Crippen LogP contribution in [0, 0.1) is 12.7 Å². The molecule has 1 aromatic carbocycles. The van der Waals surface area contributed by atoms with Crippen LogP contribution < -0.4 is 14.9 Å². The van der Waals surface area contributed by atoms with E-state index in [9.17, 15) is 12.8 Å². The van der Waals surface area contributed by atoms with Crippen LogP contribution in [-0.2, 0) is 15.8 Å². The van der Waals surface area contributed by atoms with Gasteiger partial charge < -0.3 is 10.2 Å². The van der Waals surface area contributed by atoms with E-state index in [4.69, 9.17) is 0 Å². The van der Waals surface area contributed by atoms with Crippen molar-refractivity contribution in [1.82, 2.24) is 14.7 Å². The zero-order valence-electron chi connectivity index (χ0n) is 17.0. The van der Waals surface area contributed by atoms with Crippen LogP contribution in [0.1, 0.15) is 37.1 Å². The molecule has 7 nitrogen and oxygen atoms in total. The van der Waals surface area contributed by atoms with Crippen molar-refractivity contribution in [2.24, 2.45) is 0 Å². The third kappa shape index (κ3) is 6.37. The van der Waals surface area contributed by atoms with Gasteiger partial charge in [0.2, 0.25) is 10.0 Å². The number of nitrogens with one attached hydrogen (secondary N) is 2. The molecule has 1 aromatic heterocycles. The summed E-state index contributed by atoms with van der Waals surface area (Å²) in [5.74, 6) is 1.84. The second-order valence-electron chi connectivity index (χ2n) is 7.75. The molecule has 0 radical (unpaired) electrons. The topological polar surface area (TPSA) is 87.2 Å². The first kappa shape index (κ1) is 21.4. The third-order valence-electron chi connectivity index (χ3n) is 4.98. The highest BCUT2D eigenvalue weighted by Gasteiger charge is 2.25. The largest absolute Gasteiger partial charge is 0.367 e. The number of benzene rings is 1. The Bertz CT molecular complexity index is 926. The molecule has 0 bridgehead atoms. The average Bonchev–Trinajstić information content (AvgIpc) is 2.64. The van der Waals surface area contributed by atoms with E-state index in [2.05, 4.69) is 20.0 Å². The van der Waals surface area contributed by atoms with Crippen LogP contribution in [0.4, 0.5) is 16.0 Å². The summed E-state index contributed by atoms with van der Waals surface area (Å²) >= 11 is 0. The summed E-state index contributed by atoms with van der Waals surface area (Å²) in [6.07, 6.45) is 3.21. The lowest BCUT2D eigenvalue weighted by Crippen LogP contribution is -2.40. The van der Waals surface area contributed by atoms with E-state index in [1.54, 1.807) is 0 Å². The fourth-order valence-electron chi connectivity index (χ4n) is 3.52. The van der Waals surface area contributed by atoms with Gasteiger partial charge in [-0.1, -0.05) is 12.1 Å². The summed E-state index contributed by atoms with van der Waals surface area (Å²) in [5, 5.41) is 3.45. The minimum atomic E-state index is -3.46. The summed E-state index contributed by atoms with van der Waals surface area (Å²) in [6.45, 7) is 1.87. The molecule has 1 heterocycles. The molecule has 1 fully saturated rings. The number of hydrogen-bond donors (Lipinski definition) is 2. The molecule has 1 aliphatic rings. The van der Waals surface area contributed by atoms with Gasteiger partial charge in [0.15, 0.2) is 0 Å². The Balaban J connectivity index is 1.52. The van der Waals surface area contributed by atoms with Crippen LogP contribution in [0.5, 0.6) is 0 Å². The molecular weight excluding hydrogens is 393 g/mol. The van der Waals surface area contributed by atoms with E-state index in [-0.39, 0.29) is 23.7 Å². The van der Waals surface area contributed by atoms with Crippen molar-refractivity contribution in [3.63, 3.8) is 0 Å². The summed E-state index contributed by atoms with van der Waals surface area (Å²) < 4.78 is 40.6. The van der Waals surface area contributed by atoms with Gasteiger partial charge in [0.25, 0.3) is 0 Å². The summed E-state index contributed by atoms with van der Waals surface area (Å²) in [6, 6.07) is 7.64. The molecule has 0 spiro atoms. The van der Waals surface area contributed by atoms with Gasteiger partial charge in [-0.2, -0.15) is 0 Å². The predicted molar refractivity (Wildman–Crippen MR) is 113 cm³/mol. The SMILES string of the molecule is Cc1nc(NC2CCC(NS(=O)(=O)Cc3ccc(F)cc3)CC2)cc(N(C)C)n1. The fourth-order valence-corrected chi connectivity index (χ4v) is 4.97. The van der Waals surface area contributed by atoms with Gasteiger partial charge in [-0.25, -0.2) is 27.5 Å². The van der Waals surface area contributed by atoms with Gasteiger partial charge in [0, 0.05) is 32.2 Å². The summed E-state index contributed by atoms with van der Waals surface area (Å²) in [5.41, 5.74) is 0.574. The average molecular weight is 422 g/mol. The summed E-state index contributed by atoms with van der Waals surface area (Å²) in [4.78, 5) is 10.8. The zero-order chi connectivity index (χ0) is 21.0. The number of sulfonamides is 1.